The first-order chi connectivity index (χ1) is 15.8. The Bertz CT molecular complexity index is 1370. The van der Waals surface area contributed by atoms with Crippen LogP contribution in [0.25, 0.3) is 16.9 Å². The van der Waals surface area contributed by atoms with Crippen LogP contribution in [0.15, 0.2) is 42.0 Å². The zero-order valence-electron chi connectivity index (χ0n) is 16.6. The van der Waals surface area contributed by atoms with Crippen molar-refractivity contribution >= 4 is 39.6 Å². The molecule has 1 aliphatic heterocycles. The molecule has 0 unspecified atom stereocenters. The van der Waals surface area contributed by atoms with Gasteiger partial charge < -0.3 is 19.2 Å². The predicted octanol–water partition coefficient (Wildman–Crippen LogP) is 5.08. The highest BCUT2D eigenvalue weighted by Crippen LogP contribution is 2.35. The van der Waals surface area contributed by atoms with Crippen molar-refractivity contribution in [3.63, 3.8) is 0 Å². The van der Waals surface area contributed by atoms with Crippen molar-refractivity contribution in [1.82, 2.24) is 14.4 Å². The van der Waals surface area contributed by atoms with Crippen molar-refractivity contribution in [2.24, 2.45) is 0 Å². The largest absolute Gasteiger partial charge is 0.486 e. The molecule has 0 bridgehead atoms. The van der Waals surface area contributed by atoms with Gasteiger partial charge in [-0.05, 0) is 24.3 Å². The Kier molecular flexibility index (Phi) is 5.37. The average molecular weight is 495 g/mol. The number of nitrogens with one attached hydrogen (secondary N) is 1. The minimum absolute atomic E-state index is 0.141. The lowest BCUT2D eigenvalue weighted by atomic mass is 10.1. The topological polar surface area (TPSA) is 77.8 Å². The molecule has 5 rings (SSSR count). The van der Waals surface area contributed by atoms with Gasteiger partial charge in [-0.2, -0.15) is 13.2 Å². The van der Waals surface area contributed by atoms with E-state index in [9.17, 15) is 18.0 Å². The lowest BCUT2D eigenvalue weighted by Crippen LogP contribution is -2.15. The molecule has 4 heterocycles. The van der Waals surface area contributed by atoms with Crippen LogP contribution in [0.2, 0.25) is 5.02 Å². The fourth-order valence-electron chi connectivity index (χ4n) is 3.34. The summed E-state index contributed by atoms with van der Waals surface area (Å²) in [5, 5.41) is 4.71. The van der Waals surface area contributed by atoms with Crippen molar-refractivity contribution in [3.05, 3.63) is 58.3 Å². The number of amides is 1. The van der Waals surface area contributed by atoms with Crippen molar-refractivity contribution in [2.75, 3.05) is 18.5 Å². The summed E-state index contributed by atoms with van der Waals surface area (Å²) >= 11 is 7.19. The van der Waals surface area contributed by atoms with Gasteiger partial charge in [0.15, 0.2) is 22.3 Å². The van der Waals surface area contributed by atoms with E-state index in [1.165, 1.54) is 17.5 Å². The van der Waals surface area contributed by atoms with Gasteiger partial charge in [-0.1, -0.05) is 11.6 Å². The van der Waals surface area contributed by atoms with Crippen LogP contribution >= 0.6 is 22.9 Å². The summed E-state index contributed by atoms with van der Waals surface area (Å²) in [4.78, 5) is 21.1. The zero-order chi connectivity index (χ0) is 23.2. The Hall–Kier alpha value is -3.31. The Morgan fingerprint density at radius 1 is 1.15 bits per heavy atom. The highest BCUT2D eigenvalue weighted by atomic mass is 35.5. The zero-order valence-corrected chi connectivity index (χ0v) is 18.2. The Morgan fingerprint density at radius 3 is 2.73 bits per heavy atom. The standard InChI is InChI=1S/C21H14ClF3N4O3S/c22-14-6-12(21(23,24)25)8-29-9-13(26-19(14)29)7-18(30)28-20-27-15(10-33-20)11-1-2-16-17(5-11)32-4-3-31-16/h1-2,5-6,8-10H,3-4,7H2,(H,27,28,30). The van der Waals surface area contributed by atoms with Crippen LogP contribution < -0.4 is 14.8 Å². The van der Waals surface area contributed by atoms with Crippen LogP contribution in [0, 0.1) is 0 Å². The number of benzene rings is 1. The number of aromatic nitrogens is 3. The molecule has 170 valence electrons. The molecule has 0 atom stereocenters. The van der Waals surface area contributed by atoms with E-state index in [0.717, 1.165) is 22.2 Å². The SMILES string of the molecule is O=C(Cc1cn2cc(C(F)(F)F)cc(Cl)c2n1)Nc1nc(-c2ccc3c(c2)OCCO3)cs1. The molecule has 33 heavy (non-hydrogen) atoms. The molecule has 1 N–H and O–H groups in total. The molecule has 4 aromatic rings. The predicted molar refractivity (Wildman–Crippen MR) is 116 cm³/mol. The summed E-state index contributed by atoms with van der Waals surface area (Å²) < 4.78 is 51.2. The Balaban J connectivity index is 1.29. The van der Waals surface area contributed by atoms with E-state index in [1.807, 2.05) is 12.1 Å². The molecule has 0 saturated heterocycles. The lowest BCUT2D eigenvalue weighted by Gasteiger charge is -2.18. The highest BCUT2D eigenvalue weighted by Gasteiger charge is 2.32. The first-order valence-corrected chi connectivity index (χ1v) is 10.9. The molecule has 0 aliphatic carbocycles. The summed E-state index contributed by atoms with van der Waals surface area (Å²) in [6.07, 6.45) is -2.47. The molecular weight excluding hydrogens is 481 g/mol. The van der Waals surface area contributed by atoms with Crippen LogP contribution in [-0.4, -0.2) is 33.5 Å². The van der Waals surface area contributed by atoms with Crippen molar-refractivity contribution in [2.45, 2.75) is 12.6 Å². The number of rotatable bonds is 4. The number of anilines is 1. The van der Waals surface area contributed by atoms with Gasteiger partial charge in [0.05, 0.1) is 28.4 Å². The fraction of sp³-hybridized carbons (Fsp3) is 0.190. The normalized spacial score (nSPS) is 13.3. The van der Waals surface area contributed by atoms with E-state index in [-0.39, 0.29) is 22.8 Å². The third-order valence-corrected chi connectivity index (χ3v) is 5.85. The maximum atomic E-state index is 13.0. The average Bonchev–Trinajstić information content (AvgIpc) is 3.39. The van der Waals surface area contributed by atoms with Crippen LogP contribution in [-0.2, 0) is 17.4 Å². The van der Waals surface area contributed by atoms with Gasteiger partial charge in [0.2, 0.25) is 5.91 Å². The number of pyridine rings is 1. The number of thiazole rings is 1. The number of hydrogen-bond donors (Lipinski definition) is 1. The van der Waals surface area contributed by atoms with E-state index < -0.39 is 17.6 Å². The number of fused-ring (bicyclic) bond motifs is 2. The molecule has 0 radical (unpaired) electrons. The number of ether oxygens (including phenoxy) is 2. The number of carbonyl (C=O) groups is 1. The molecule has 0 fully saturated rings. The molecule has 0 saturated carbocycles. The van der Waals surface area contributed by atoms with Crippen LogP contribution in [0.3, 0.4) is 0 Å². The smallest absolute Gasteiger partial charge is 0.417 e. The maximum absolute atomic E-state index is 13.0. The van der Waals surface area contributed by atoms with E-state index in [0.29, 0.717) is 35.5 Å². The lowest BCUT2D eigenvalue weighted by molar-refractivity contribution is -0.137. The molecule has 1 aliphatic rings. The van der Waals surface area contributed by atoms with Gasteiger partial charge in [-0.25, -0.2) is 9.97 Å². The monoisotopic (exact) mass is 494 g/mol. The van der Waals surface area contributed by atoms with Crippen LogP contribution in [0.4, 0.5) is 18.3 Å². The second kappa shape index (κ2) is 8.23. The first kappa shape index (κ1) is 21.5. The number of nitrogens with zero attached hydrogens (tertiary/aromatic N) is 3. The van der Waals surface area contributed by atoms with Gasteiger partial charge in [-0.3, -0.25) is 4.79 Å². The number of imidazole rings is 1. The van der Waals surface area contributed by atoms with Crippen molar-refractivity contribution < 1.29 is 27.4 Å². The second-order valence-electron chi connectivity index (χ2n) is 7.16. The fourth-order valence-corrected chi connectivity index (χ4v) is 4.34. The molecular formula is C21H14ClF3N4O3S. The maximum Gasteiger partial charge on any atom is 0.417 e. The molecule has 1 aromatic carbocycles. The van der Waals surface area contributed by atoms with Gasteiger partial charge >= 0.3 is 6.18 Å². The van der Waals surface area contributed by atoms with E-state index >= 15 is 0 Å². The second-order valence-corrected chi connectivity index (χ2v) is 8.42. The van der Waals surface area contributed by atoms with Gasteiger partial charge in [0, 0.05) is 23.3 Å². The van der Waals surface area contributed by atoms with Gasteiger partial charge in [0.25, 0.3) is 0 Å². The summed E-state index contributed by atoms with van der Waals surface area (Å²) in [5.74, 6) is 0.897. The van der Waals surface area contributed by atoms with Gasteiger partial charge in [0.1, 0.15) is 13.2 Å². The quantitative estimate of drug-likeness (QED) is 0.428. The van der Waals surface area contributed by atoms with Crippen LogP contribution in [0.1, 0.15) is 11.3 Å². The van der Waals surface area contributed by atoms with E-state index in [1.54, 1.807) is 11.4 Å². The van der Waals surface area contributed by atoms with Gasteiger partial charge in [-0.15, -0.1) is 11.3 Å². The van der Waals surface area contributed by atoms with Crippen molar-refractivity contribution in [3.8, 4) is 22.8 Å². The molecule has 3 aromatic heterocycles. The summed E-state index contributed by atoms with van der Waals surface area (Å²) in [6.45, 7) is 0.974. The number of carbonyl (C=O) groups excluding carboxylic acids is 1. The van der Waals surface area contributed by atoms with E-state index in [4.69, 9.17) is 21.1 Å². The Morgan fingerprint density at radius 2 is 1.94 bits per heavy atom. The summed E-state index contributed by atoms with van der Waals surface area (Å²) in [6, 6.07) is 6.29. The Labute approximate surface area is 193 Å². The number of hydrogen-bond acceptors (Lipinski definition) is 6. The molecule has 0 spiro atoms. The third-order valence-electron chi connectivity index (χ3n) is 4.81. The molecule has 7 nitrogen and oxygen atoms in total. The highest BCUT2D eigenvalue weighted by molar-refractivity contribution is 7.14. The summed E-state index contributed by atoms with van der Waals surface area (Å²) in [5.41, 5.74) is 0.987. The first-order valence-electron chi connectivity index (χ1n) is 9.66. The molecule has 12 heteroatoms. The number of alkyl halides is 3. The minimum Gasteiger partial charge on any atom is -0.486 e. The van der Waals surface area contributed by atoms with Crippen molar-refractivity contribution in [1.29, 1.82) is 0 Å². The summed E-state index contributed by atoms with van der Waals surface area (Å²) in [7, 11) is 0. The number of halogens is 4. The minimum atomic E-state index is -4.54. The van der Waals surface area contributed by atoms with E-state index in [2.05, 4.69) is 15.3 Å². The third kappa shape index (κ3) is 4.46. The molecule has 1 amide bonds. The van der Waals surface area contributed by atoms with Crippen LogP contribution in [0.5, 0.6) is 11.5 Å².